The Labute approximate surface area is 156 Å². The molecule has 0 spiro atoms. The Morgan fingerprint density at radius 1 is 1.00 bits per heavy atom. The molecule has 0 aromatic heterocycles. The van der Waals surface area contributed by atoms with Crippen LogP contribution in [0, 0.1) is 0 Å². The van der Waals surface area contributed by atoms with Crippen LogP contribution in [0.4, 0.5) is 0 Å². The highest BCUT2D eigenvalue weighted by atomic mass is 16.5. The fourth-order valence-corrected chi connectivity index (χ4v) is 2.69. The molecule has 0 bridgehead atoms. The third kappa shape index (κ3) is 5.23. The number of carbonyl (C=O) groups is 1. The minimum atomic E-state index is -0.285. The molecule has 0 aliphatic heterocycles. The number of hydrogen-bond acceptors (Lipinski definition) is 4. The summed E-state index contributed by atoms with van der Waals surface area (Å²) in [6.07, 6.45) is 0. The maximum Gasteiger partial charge on any atom is 0.244 e. The molecular weight excluding hydrogens is 328 g/mol. The van der Waals surface area contributed by atoms with Crippen molar-refractivity contribution >= 4 is 5.91 Å². The SMILES string of the molecule is CCN(C)C(C(=O)N(C)CCOc1ccc(OC)cc1)c1ccccc1. The molecule has 0 radical (unpaired) electrons. The van der Waals surface area contributed by atoms with Crippen molar-refractivity contribution in [2.24, 2.45) is 0 Å². The Kier molecular flexibility index (Phi) is 7.48. The molecule has 0 heterocycles. The van der Waals surface area contributed by atoms with Crippen molar-refractivity contribution in [2.75, 3.05) is 40.9 Å². The van der Waals surface area contributed by atoms with Crippen LogP contribution in [0.3, 0.4) is 0 Å². The van der Waals surface area contributed by atoms with Gasteiger partial charge in [0.1, 0.15) is 24.1 Å². The van der Waals surface area contributed by atoms with Crippen molar-refractivity contribution in [3.8, 4) is 11.5 Å². The van der Waals surface area contributed by atoms with E-state index in [2.05, 4.69) is 11.8 Å². The van der Waals surface area contributed by atoms with Gasteiger partial charge in [-0.15, -0.1) is 0 Å². The first kappa shape index (κ1) is 19.8. The van der Waals surface area contributed by atoms with E-state index in [-0.39, 0.29) is 11.9 Å². The molecule has 0 aliphatic rings. The Morgan fingerprint density at radius 3 is 2.19 bits per heavy atom. The number of ether oxygens (including phenoxy) is 2. The van der Waals surface area contributed by atoms with Gasteiger partial charge in [-0.3, -0.25) is 9.69 Å². The Bertz CT molecular complexity index is 673. The zero-order chi connectivity index (χ0) is 18.9. The van der Waals surface area contributed by atoms with E-state index in [4.69, 9.17) is 9.47 Å². The molecule has 1 atom stereocenters. The third-order valence-corrected chi connectivity index (χ3v) is 4.42. The molecule has 140 valence electrons. The van der Waals surface area contributed by atoms with E-state index in [1.165, 1.54) is 0 Å². The predicted octanol–water partition coefficient (Wildman–Crippen LogP) is 3.23. The number of carbonyl (C=O) groups excluding carboxylic acids is 1. The van der Waals surface area contributed by atoms with Gasteiger partial charge in [-0.2, -0.15) is 0 Å². The molecule has 0 saturated heterocycles. The summed E-state index contributed by atoms with van der Waals surface area (Å²) in [5.41, 5.74) is 1.00. The molecule has 5 nitrogen and oxygen atoms in total. The maximum absolute atomic E-state index is 13.0. The maximum atomic E-state index is 13.0. The van der Waals surface area contributed by atoms with Gasteiger partial charge in [0.2, 0.25) is 5.91 Å². The molecule has 2 rings (SSSR count). The summed E-state index contributed by atoms with van der Waals surface area (Å²) in [7, 11) is 5.42. The van der Waals surface area contributed by atoms with Crippen LogP contribution in [0.5, 0.6) is 11.5 Å². The lowest BCUT2D eigenvalue weighted by Crippen LogP contribution is -2.41. The van der Waals surface area contributed by atoms with Crippen LogP contribution >= 0.6 is 0 Å². The number of methoxy groups -OCH3 is 1. The van der Waals surface area contributed by atoms with E-state index in [1.807, 2.05) is 68.7 Å². The Morgan fingerprint density at radius 2 is 1.62 bits per heavy atom. The van der Waals surface area contributed by atoms with E-state index in [0.717, 1.165) is 23.6 Å². The summed E-state index contributed by atoms with van der Waals surface area (Å²) in [4.78, 5) is 16.8. The highest BCUT2D eigenvalue weighted by molar-refractivity contribution is 5.83. The first-order valence-electron chi connectivity index (χ1n) is 8.83. The highest BCUT2D eigenvalue weighted by Gasteiger charge is 2.26. The monoisotopic (exact) mass is 356 g/mol. The van der Waals surface area contributed by atoms with Crippen molar-refractivity contribution in [1.29, 1.82) is 0 Å². The van der Waals surface area contributed by atoms with Crippen LogP contribution in [-0.4, -0.2) is 56.6 Å². The van der Waals surface area contributed by atoms with Crippen LogP contribution < -0.4 is 9.47 Å². The van der Waals surface area contributed by atoms with E-state index in [9.17, 15) is 4.79 Å². The van der Waals surface area contributed by atoms with Crippen molar-refractivity contribution in [3.63, 3.8) is 0 Å². The Hall–Kier alpha value is -2.53. The van der Waals surface area contributed by atoms with Gasteiger partial charge in [0.05, 0.1) is 13.7 Å². The largest absolute Gasteiger partial charge is 0.497 e. The number of rotatable bonds is 9. The molecular formula is C21H28N2O3. The van der Waals surface area contributed by atoms with Crippen LogP contribution in [0.2, 0.25) is 0 Å². The molecule has 26 heavy (non-hydrogen) atoms. The van der Waals surface area contributed by atoms with Gasteiger partial charge >= 0.3 is 0 Å². The summed E-state index contributed by atoms with van der Waals surface area (Å²) < 4.78 is 10.9. The van der Waals surface area contributed by atoms with Crippen molar-refractivity contribution in [2.45, 2.75) is 13.0 Å². The predicted molar refractivity (Wildman–Crippen MR) is 104 cm³/mol. The minimum absolute atomic E-state index is 0.0684. The molecule has 5 heteroatoms. The molecule has 1 amide bonds. The molecule has 0 fully saturated rings. The second-order valence-electron chi connectivity index (χ2n) is 6.17. The molecule has 2 aromatic rings. The normalized spacial score (nSPS) is 11.9. The molecule has 0 saturated carbocycles. The zero-order valence-electron chi connectivity index (χ0n) is 16.0. The van der Waals surface area contributed by atoms with E-state index >= 15 is 0 Å². The number of hydrogen-bond donors (Lipinski definition) is 0. The van der Waals surface area contributed by atoms with Gasteiger partial charge in [0.15, 0.2) is 0 Å². The van der Waals surface area contributed by atoms with Gasteiger partial charge in [0.25, 0.3) is 0 Å². The van der Waals surface area contributed by atoms with Crippen LogP contribution in [0.1, 0.15) is 18.5 Å². The highest BCUT2D eigenvalue weighted by Crippen LogP contribution is 2.21. The van der Waals surface area contributed by atoms with E-state index in [0.29, 0.717) is 13.2 Å². The fraction of sp³-hybridized carbons (Fsp3) is 0.381. The first-order chi connectivity index (χ1) is 12.6. The summed E-state index contributed by atoms with van der Waals surface area (Å²) in [5.74, 6) is 1.62. The molecule has 1 unspecified atom stereocenters. The molecule has 0 aliphatic carbocycles. The quantitative estimate of drug-likeness (QED) is 0.692. The minimum Gasteiger partial charge on any atom is -0.497 e. The number of nitrogens with zero attached hydrogens (tertiary/aromatic N) is 2. The summed E-state index contributed by atoms with van der Waals surface area (Å²) >= 11 is 0. The standard InChI is InChI=1S/C21H28N2O3/c1-5-22(2)20(17-9-7-6-8-10-17)21(24)23(3)15-16-26-19-13-11-18(25-4)12-14-19/h6-14,20H,5,15-16H2,1-4H3. The average molecular weight is 356 g/mol. The van der Waals surface area contributed by atoms with Gasteiger partial charge in [-0.05, 0) is 43.4 Å². The van der Waals surface area contributed by atoms with E-state index < -0.39 is 0 Å². The lowest BCUT2D eigenvalue weighted by molar-refractivity contribution is -0.135. The summed E-state index contributed by atoms with van der Waals surface area (Å²) in [6.45, 7) is 3.80. The average Bonchev–Trinajstić information content (AvgIpc) is 2.69. The van der Waals surface area contributed by atoms with Gasteiger partial charge in [0, 0.05) is 7.05 Å². The number of amides is 1. The van der Waals surface area contributed by atoms with Crippen LogP contribution in [0.15, 0.2) is 54.6 Å². The number of benzene rings is 2. The fourth-order valence-electron chi connectivity index (χ4n) is 2.69. The van der Waals surface area contributed by atoms with Gasteiger partial charge in [-0.25, -0.2) is 0 Å². The summed E-state index contributed by atoms with van der Waals surface area (Å²) in [6, 6.07) is 17.0. The van der Waals surface area contributed by atoms with Crippen molar-refractivity contribution < 1.29 is 14.3 Å². The third-order valence-electron chi connectivity index (χ3n) is 4.42. The van der Waals surface area contributed by atoms with Gasteiger partial charge in [-0.1, -0.05) is 37.3 Å². The molecule has 2 aromatic carbocycles. The summed E-state index contributed by atoms with van der Waals surface area (Å²) in [5, 5.41) is 0. The smallest absolute Gasteiger partial charge is 0.244 e. The lowest BCUT2D eigenvalue weighted by atomic mass is 10.0. The first-order valence-corrected chi connectivity index (χ1v) is 8.83. The zero-order valence-corrected chi connectivity index (χ0v) is 16.0. The van der Waals surface area contributed by atoms with Crippen molar-refractivity contribution in [1.82, 2.24) is 9.80 Å². The van der Waals surface area contributed by atoms with Crippen LogP contribution in [0.25, 0.3) is 0 Å². The second kappa shape index (κ2) is 9.82. The van der Waals surface area contributed by atoms with Crippen LogP contribution in [-0.2, 0) is 4.79 Å². The Balaban J connectivity index is 1.95. The number of likely N-dealkylation sites (N-methyl/N-ethyl adjacent to an activating group) is 2. The van der Waals surface area contributed by atoms with Crippen molar-refractivity contribution in [3.05, 3.63) is 60.2 Å². The van der Waals surface area contributed by atoms with E-state index in [1.54, 1.807) is 12.0 Å². The van der Waals surface area contributed by atoms with Gasteiger partial charge < -0.3 is 14.4 Å². The molecule has 0 N–H and O–H groups in total. The topological polar surface area (TPSA) is 42.0 Å². The second-order valence-corrected chi connectivity index (χ2v) is 6.17. The lowest BCUT2D eigenvalue weighted by Gasteiger charge is -2.30.